The Morgan fingerprint density at radius 3 is 2.71 bits per heavy atom. The summed E-state index contributed by atoms with van der Waals surface area (Å²) in [6.45, 7) is 0. The molecule has 0 aromatic heterocycles. The summed E-state index contributed by atoms with van der Waals surface area (Å²) in [5.74, 6) is 2.15. The van der Waals surface area contributed by atoms with E-state index < -0.39 is 11.2 Å². The second-order valence-corrected chi connectivity index (χ2v) is 4.57. The molecule has 0 spiro atoms. The molecule has 0 bridgehead atoms. The molecule has 0 saturated carbocycles. The summed E-state index contributed by atoms with van der Waals surface area (Å²) in [5, 5.41) is 0.875. The van der Waals surface area contributed by atoms with Gasteiger partial charge in [-0.1, -0.05) is 0 Å². The molecular formula is C4H8OS2. The first-order valence-corrected chi connectivity index (χ1v) is 4.96. The van der Waals surface area contributed by atoms with Crippen LogP contribution < -0.4 is 0 Å². The molecule has 3 heteroatoms. The van der Waals surface area contributed by atoms with Crippen molar-refractivity contribution in [3.05, 3.63) is 0 Å². The molecule has 1 saturated heterocycles. The van der Waals surface area contributed by atoms with E-state index in [4.69, 9.17) is 0 Å². The van der Waals surface area contributed by atoms with E-state index in [2.05, 4.69) is 0 Å². The normalized spacial score (nSPS) is 33.0. The zero-order valence-electron chi connectivity index (χ0n) is 4.05. The van der Waals surface area contributed by atoms with Crippen LogP contribution in [0.4, 0.5) is 0 Å². The van der Waals surface area contributed by atoms with Gasteiger partial charge in [0.1, 0.15) is 5.75 Å². The van der Waals surface area contributed by atoms with Gasteiger partial charge in [0, 0.05) is 12.2 Å². The minimum Gasteiger partial charge on any atom is -0.616 e. The largest absolute Gasteiger partial charge is 0.616 e. The van der Waals surface area contributed by atoms with Gasteiger partial charge in [-0.3, -0.25) is 0 Å². The van der Waals surface area contributed by atoms with Gasteiger partial charge >= 0.3 is 0 Å². The summed E-state index contributed by atoms with van der Waals surface area (Å²) >= 11 is 1.33. The average Bonchev–Trinajstić information content (AvgIpc) is 1.69. The first-order valence-electron chi connectivity index (χ1n) is 2.32. The Morgan fingerprint density at radius 1 is 1.57 bits per heavy atom. The molecule has 1 unspecified atom stereocenters. The van der Waals surface area contributed by atoms with Gasteiger partial charge in [-0.2, -0.15) is 0 Å². The van der Waals surface area contributed by atoms with Crippen LogP contribution in [0.25, 0.3) is 0 Å². The van der Waals surface area contributed by atoms with Crippen molar-refractivity contribution in [3.63, 3.8) is 0 Å². The van der Waals surface area contributed by atoms with Gasteiger partial charge in [0.25, 0.3) is 0 Å². The third-order valence-corrected chi connectivity index (χ3v) is 3.92. The molecule has 7 heavy (non-hydrogen) atoms. The summed E-state index contributed by atoms with van der Waals surface area (Å²) in [6.07, 6.45) is 1.15. The fourth-order valence-corrected chi connectivity index (χ4v) is 3.22. The van der Waals surface area contributed by atoms with Crippen LogP contribution in [0.1, 0.15) is 6.42 Å². The van der Waals surface area contributed by atoms with Gasteiger partial charge in [0.2, 0.25) is 0 Å². The SMILES string of the molecule is [O-][S+]1CCCSC1. The number of rotatable bonds is 0. The molecule has 0 aromatic carbocycles. The molecule has 0 N–H and O–H groups in total. The van der Waals surface area contributed by atoms with Crippen LogP contribution in [0.2, 0.25) is 0 Å². The Morgan fingerprint density at radius 2 is 2.43 bits per heavy atom. The Balaban J connectivity index is 2.12. The van der Waals surface area contributed by atoms with Crippen molar-refractivity contribution < 1.29 is 4.55 Å². The molecule has 0 aromatic rings. The minimum absolute atomic E-state index is 0.477. The van der Waals surface area contributed by atoms with Crippen LogP contribution in [0.15, 0.2) is 0 Å². The maximum Gasteiger partial charge on any atom is 0.151 e. The van der Waals surface area contributed by atoms with Crippen LogP contribution in [0.3, 0.4) is 0 Å². The van der Waals surface area contributed by atoms with Gasteiger partial charge in [-0.05, 0) is 11.2 Å². The molecule has 1 atom stereocenters. The van der Waals surface area contributed by atoms with Crippen molar-refractivity contribution >= 4 is 22.9 Å². The molecule has 1 aliphatic heterocycles. The van der Waals surface area contributed by atoms with Gasteiger partial charge in [0.15, 0.2) is 5.08 Å². The lowest BCUT2D eigenvalue weighted by Crippen LogP contribution is -2.14. The van der Waals surface area contributed by atoms with Gasteiger partial charge in [-0.25, -0.2) is 0 Å². The van der Waals surface area contributed by atoms with E-state index in [1.54, 1.807) is 11.8 Å². The maximum atomic E-state index is 10.6. The molecule has 1 aliphatic rings. The second kappa shape index (κ2) is 2.84. The van der Waals surface area contributed by atoms with Crippen LogP contribution in [-0.2, 0) is 11.2 Å². The number of hydrogen-bond acceptors (Lipinski definition) is 2. The topological polar surface area (TPSA) is 23.1 Å². The van der Waals surface area contributed by atoms with Gasteiger partial charge in [0.05, 0.1) is 0 Å². The number of hydrogen-bond donors (Lipinski definition) is 0. The fraction of sp³-hybridized carbons (Fsp3) is 1.00. The molecule has 1 heterocycles. The lowest BCUT2D eigenvalue weighted by atomic mass is 10.6. The van der Waals surface area contributed by atoms with E-state index in [-0.39, 0.29) is 0 Å². The standard InChI is InChI=1S/C4H8OS2/c5-7-3-1-2-6-4-7/h1-4H2. The molecule has 1 rings (SSSR count). The van der Waals surface area contributed by atoms with Crippen LogP contribution in [0, 0.1) is 0 Å². The van der Waals surface area contributed by atoms with E-state index >= 15 is 0 Å². The van der Waals surface area contributed by atoms with Crippen molar-refractivity contribution in [1.82, 2.24) is 0 Å². The van der Waals surface area contributed by atoms with Crippen molar-refractivity contribution in [2.45, 2.75) is 6.42 Å². The zero-order valence-corrected chi connectivity index (χ0v) is 5.69. The van der Waals surface area contributed by atoms with Crippen LogP contribution in [0.5, 0.6) is 0 Å². The fourth-order valence-electron chi connectivity index (χ4n) is 0.533. The third-order valence-electron chi connectivity index (χ3n) is 0.875. The van der Waals surface area contributed by atoms with Crippen molar-refractivity contribution in [1.29, 1.82) is 0 Å². The predicted molar refractivity (Wildman–Crippen MR) is 35.0 cm³/mol. The van der Waals surface area contributed by atoms with Crippen molar-refractivity contribution in [2.75, 3.05) is 16.6 Å². The Labute approximate surface area is 51.0 Å². The summed E-state index contributed by atoms with van der Waals surface area (Å²) < 4.78 is 10.6. The average molecular weight is 136 g/mol. The van der Waals surface area contributed by atoms with Gasteiger partial charge in [-0.15, -0.1) is 11.8 Å². The molecule has 0 aliphatic carbocycles. The summed E-state index contributed by atoms with van der Waals surface area (Å²) in [4.78, 5) is 0. The van der Waals surface area contributed by atoms with E-state index in [0.29, 0.717) is 0 Å². The van der Waals surface area contributed by atoms with Gasteiger partial charge < -0.3 is 4.55 Å². The zero-order chi connectivity index (χ0) is 5.11. The van der Waals surface area contributed by atoms with Crippen molar-refractivity contribution in [2.24, 2.45) is 0 Å². The maximum absolute atomic E-state index is 10.6. The first-order chi connectivity index (χ1) is 3.39. The summed E-state index contributed by atoms with van der Waals surface area (Å²) in [5.41, 5.74) is 0. The highest BCUT2D eigenvalue weighted by molar-refractivity contribution is 8.12. The lowest BCUT2D eigenvalue weighted by molar-refractivity contribution is 0.597. The molecule has 0 amide bonds. The molecule has 0 radical (unpaired) electrons. The quantitative estimate of drug-likeness (QED) is 0.460. The lowest BCUT2D eigenvalue weighted by Gasteiger charge is -2.14. The number of thioether (sulfide) groups is 1. The highest BCUT2D eigenvalue weighted by atomic mass is 32.3. The summed E-state index contributed by atoms with van der Waals surface area (Å²) in [6, 6.07) is 0. The third kappa shape index (κ3) is 1.93. The molecular weight excluding hydrogens is 128 g/mol. The van der Waals surface area contributed by atoms with E-state index in [0.717, 1.165) is 17.3 Å². The van der Waals surface area contributed by atoms with Crippen LogP contribution >= 0.6 is 11.8 Å². The van der Waals surface area contributed by atoms with E-state index in [1.807, 2.05) is 0 Å². The highest BCUT2D eigenvalue weighted by Gasteiger charge is 2.10. The predicted octanol–water partition coefficient (Wildman–Crippen LogP) is 0.830. The Bertz CT molecular complexity index is 51.7. The van der Waals surface area contributed by atoms with Crippen LogP contribution in [-0.4, -0.2) is 21.1 Å². The van der Waals surface area contributed by atoms with E-state index in [1.165, 1.54) is 5.75 Å². The molecule has 1 fully saturated rings. The first kappa shape index (κ1) is 5.79. The monoisotopic (exact) mass is 136 g/mol. The smallest absolute Gasteiger partial charge is 0.151 e. The Hall–Kier alpha value is 0.660. The van der Waals surface area contributed by atoms with Crippen molar-refractivity contribution in [3.8, 4) is 0 Å². The minimum atomic E-state index is -0.477. The Kier molecular flexibility index (Phi) is 2.35. The second-order valence-electron chi connectivity index (χ2n) is 1.52. The molecule has 1 nitrogen and oxygen atoms in total. The summed E-state index contributed by atoms with van der Waals surface area (Å²) in [7, 11) is 0. The molecule has 42 valence electrons. The van der Waals surface area contributed by atoms with E-state index in [9.17, 15) is 4.55 Å². The highest BCUT2D eigenvalue weighted by Crippen LogP contribution is 2.14.